The summed E-state index contributed by atoms with van der Waals surface area (Å²) in [7, 11) is 0. The van der Waals surface area contributed by atoms with Crippen LogP contribution in [0.5, 0.6) is 11.6 Å². The Bertz CT molecular complexity index is 989. The maximum atomic E-state index is 14.6. The number of nitrogens with zero attached hydrogens (tertiary/aromatic N) is 3. The van der Waals surface area contributed by atoms with Gasteiger partial charge < -0.3 is 24.8 Å². The van der Waals surface area contributed by atoms with Crippen molar-refractivity contribution in [1.29, 1.82) is 0 Å². The number of aromatic hydroxyl groups is 1. The molecule has 0 unspecified atom stereocenters. The lowest BCUT2D eigenvalue weighted by molar-refractivity contribution is 0.0178. The van der Waals surface area contributed by atoms with Crippen molar-refractivity contribution in [2.24, 2.45) is 0 Å². The SMILES string of the molecule is CC(C)(C)OC(=O)N1CCN[C@H](COc2c(Cl)c(Br)c(F)c3nc(Cl)nc(O)c23)C1. The molecule has 0 bridgehead atoms. The molecule has 0 radical (unpaired) electrons. The largest absolute Gasteiger partial charge is 0.493 e. The highest BCUT2D eigenvalue weighted by Crippen LogP contribution is 2.44. The van der Waals surface area contributed by atoms with Gasteiger partial charge in [-0.3, -0.25) is 0 Å². The van der Waals surface area contributed by atoms with Crippen LogP contribution in [0.25, 0.3) is 10.9 Å². The van der Waals surface area contributed by atoms with E-state index in [1.165, 1.54) is 0 Å². The number of rotatable bonds is 3. The molecule has 2 N–H and O–H groups in total. The molecule has 1 aliphatic rings. The molecule has 30 heavy (non-hydrogen) atoms. The quantitative estimate of drug-likeness (QED) is 0.459. The van der Waals surface area contributed by atoms with E-state index in [1.807, 2.05) is 0 Å². The van der Waals surface area contributed by atoms with Gasteiger partial charge >= 0.3 is 6.09 Å². The monoisotopic (exact) mass is 524 g/mol. The molecule has 1 atom stereocenters. The van der Waals surface area contributed by atoms with Crippen molar-refractivity contribution >= 4 is 56.1 Å². The highest BCUT2D eigenvalue weighted by atomic mass is 79.9. The molecule has 0 saturated carbocycles. The molecule has 1 aliphatic heterocycles. The Hall–Kier alpha value is -1.62. The molecule has 1 aromatic heterocycles. The van der Waals surface area contributed by atoms with Gasteiger partial charge in [0, 0.05) is 19.6 Å². The summed E-state index contributed by atoms with van der Waals surface area (Å²) in [5.74, 6) is -1.35. The summed E-state index contributed by atoms with van der Waals surface area (Å²) in [5.41, 5.74) is -0.828. The van der Waals surface area contributed by atoms with Crippen LogP contribution in [0, 0.1) is 5.82 Å². The lowest BCUT2D eigenvalue weighted by atomic mass is 10.2. The smallest absolute Gasteiger partial charge is 0.410 e. The second-order valence-electron chi connectivity index (χ2n) is 7.70. The van der Waals surface area contributed by atoms with E-state index in [2.05, 4.69) is 31.2 Å². The van der Waals surface area contributed by atoms with Crippen molar-refractivity contribution in [2.45, 2.75) is 32.4 Å². The molecule has 0 spiro atoms. The zero-order valence-electron chi connectivity index (χ0n) is 16.4. The Morgan fingerprint density at radius 1 is 1.40 bits per heavy atom. The fourth-order valence-corrected chi connectivity index (χ4v) is 3.71. The van der Waals surface area contributed by atoms with Gasteiger partial charge in [0.15, 0.2) is 11.6 Å². The van der Waals surface area contributed by atoms with E-state index in [-0.39, 0.29) is 44.1 Å². The number of nitrogens with one attached hydrogen (secondary N) is 1. The van der Waals surface area contributed by atoms with E-state index in [1.54, 1.807) is 25.7 Å². The zero-order chi connectivity index (χ0) is 22.2. The first-order chi connectivity index (χ1) is 14.0. The van der Waals surface area contributed by atoms with E-state index in [4.69, 9.17) is 32.7 Å². The standard InChI is InChI=1S/C18H20BrCl2FN4O4/c1-18(2,3)30-17(28)26-5-4-23-8(6-26)7-29-14-9-13(12(22)10(19)11(14)20)24-16(21)25-15(9)27/h8,23H,4-7H2,1-3H3,(H,24,25,27)/t8-/m0/s1. The van der Waals surface area contributed by atoms with E-state index in [0.29, 0.717) is 19.6 Å². The average molecular weight is 526 g/mol. The first-order valence-corrected chi connectivity index (χ1v) is 10.6. The fourth-order valence-electron chi connectivity index (χ4n) is 2.95. The summed E-state index contributed by atoms with van der Waals surface area (Å²) in [6, 6.07) is -0.253. The molecule has 1 fully saturated rings. The summed E-state index contributed by atoms with van der Waals surface area (Å²) in [4.78, 5) is 21.4. The number of halogens is 4. The molecule has 2 heterocycles. The zero-order valence-corrected chi connectivity index (χ0v) is 19.5. The third-order valence-corrected chi connectivity index (χ3v) is 5.72. The van der Waals surface area contributed by atoms with E-state index in [9.17, 15) is 14.3 Å². The third-order valence-electron chi connectivity index (χ3n) is 4.22. The van der Waals surface area contributed by atoms with Crippen molar-refractivity contribution < 1.29 is 23.8 Å². The first-order valence-electron chi connectivity index (χ1n) is 9.04. The Morgan fingerprint density at radius 3 is 2.77 bits per heavy atom. The topological polar surface area (TPSA) is 96.8 Å². The van der Waals surface area contributed by atoms with Crippen LogP contribution in [-0.4, -0.2) is 64.0 Å². The number of hydrogen-bond donors (Lipinski definition) is 2. The minimum Gasteiger partial charge on any atom is -0.493 e. The number of aromatic nitrogens is 2. The number of carbonyl (C=O) groups is 1. The maximum absolute atomic E-state index is 14.6. The minimum atomic E-state index is -0.797. The summed E-state index contributed by atoms with van der Waals surface area (Å²) in [6.45, 7) is 6.84. The van der Waals surface area contributed by atoms with Gasteiger partial charge in [0.1, 0.15) is 28.1 Å². The van der Waals surface area contributed by atoms with Crippen molar-refractivity contribution in [1.82, 2.24) is 20.2 Å². The second-order valence-corrected chi connectivity index (χ2v) is 9.21. The molecule has 3 rings (SSSR count). The summed E-state index contributed by atoms with van der Waals surface area (Å²) in [6.07, 6.45) is -0.414. The van der Waals surface area contributed by atoms with Crippen molar-refractivity contribution in [2.75, 3.05) is 26.2 Å². The number of benzene rings is 1. The summed E-state index contributed by atoms with van der Waals surface area (Å²) < 4.78 is 25.7. The Kier molecular flexibility index (Phi) is 6.81. The maximum Gasteiger partial charge on any atom is 0.410 e. The number of fused-ring (bicyclic) bond motifs is 1. The van der Waals surface area contributed by atoms with Gasteiger partial charge in [-0.1, -0.05) is 11.6 Å². The van der Waals surface area contributed by atoms with E-state index < -0.39 is 23.4 Å². The van der Waals surface area contributed by atoms with Gasteiger partial charge in [-0.05, 0) is 48.3 Å². The number of hydrogen-bond acceptors (Lipinski definition) is 7. The van der Waals surface area contributed by atoms with Crippen LogP contribution < -0.4 is 10.1 Å². The Morgan fingerprint density at radius 2 is 2.10 bits per heavy atom. The van der Waals surface area contributed by atoms with Gasteiger partial charge in [-0.2, -0.15) is 4.98 Å². The van der Waals surface area contributed by atoms with Crippen LogP contribution in [-0.2, 0) is 4.74 Å². The molecular weight excluding hydrogens is 506 g/mol. The molecule has 2 aromatic rings. The number of carbonyl (C=O) groups excluding carboxylic acids is 1. The van der Waals surface area contributed by atoms with Crippen molar-refractivity contribution in [3.8, 4) is 11.6 Å². The van der Waals surface area contributed by atoms with Crippen LogP contribution >= 0.6 is 39.1 Å². The van der Waals surface area contributed by atoms with E-state index >= 15 is 0 Å². The molecule has 0 aliphatic carbocycles. The number of piperazine rings is 1. The molecule has 12 heteroatoms. The Labute approximate surface area is 190 Å². The minimum absolute atomic E-state index is 0.00491. The number of ether oxygens (including phenoxy) is 2. The third kappa shape index (κ3) is 4.99. The highest BCUT2D eigenvalue weighted by molar-refractivity contribution is 9.10. The lowest BCUT2D eigenvalue weighted by Gasteiger charge is -2.34. The summed E-state index contributed by atoms with van der Waals surface area (Å²) in [5, 5.41) is 12.9. The Balaban J connectivity index is 1.81. The van der Waals surface area contributed by atoms with Crippen LogP contribution in [0.4, 0.5) is 9.18 Å². The number of amides is 1. The first kappa shape index (κ1) is 23.1. The molecule has 164 valence electrons. The van der Waals surface area contributed by atoms with Gasteiger partial charge in [-0.25, -0.2) is 14.2 Å². The fraction of sp³-hybridized carbons (Fsp3) is 0.500. The van der Waals surface area contributed by atoms with E-state index in [0.717, 1.165) is 0 Å². The van der Waals surface area contributed by atoms with Crippen molar-refractivity contribution in [3.05, 3.63) is 20.6 Å². The van der Waals surface area contributed by atoms with Crippen molar-refractivity contribution in [3.63, 3.8) is 0 Å². The van der Waals surface area contributed by atoms with Crippen LogP contribution in [0.2, 0.25) is 10.3 Å². The van der Waals surface area contributed by atoms with Gasteiger partial charge in [0.05, 0.1) is 10.5 Å². The predicted octanol–water partition coefficient (Wildman–Crippen LogP) is 4.13. The summed E-state index contributed by atoms with van der Waals surface area (Å²) >= 11 is 15.0. The van der Waals surface area contributed by atoms with Gasteiger partial charge in [-0.15, -0.1) is 0 Å². The molecule has 8 nitrogen and oxygen atoms in total. The average Bonchev–Trinajstić information content (AvgIpc) is 2.65. The van der Waals surface area contributed by atoms with Crippen LogP contribution in [0.3, 0.4) is 0 Å². The molecule has 1 aromatic carbocycles. The molecule has 1 saturated heterocycles. The van der Waals surface area contributed by atoms with Gasteiger partial charge in [0.2, 0.25) is 11.2 Å². The van der Waals surface area contributed by atoms with Crippen LogP contribution in [0.1, 0.15) is 20.8 Å². The molecular formula is C18H20BrCl2FN4O4. The second kappa shape index (κ2) is 8.86. The normalized spacial score (nSPS) is 17.3. The lowest BCUT2D eigenvalue weighted by Crippen LogP contribution is -2.55. The van der Waals surface area contributed by atoms with Crippen LogP contribution in [0.15, 0.2) is 4.47 Å². The molecule has 1 amide bonds. The highest BCUT2D eigenvalue weighted by Gasteiger charge is 2.29. The predicted molar refractivity (Wildman–Crippen MR) is 114 cm³/mol. The van der Waals surface area contributed by atoms with Gasteiger partial charge in [0.25, 0.3) is 0 Å².